The fourth-order valence-corrected chi connectivity index (χ4v) is 4.22. The van der Waals surface area contributed by atoms with Gasteiger partial charge in [0.05, 0.1) is 17.8 Å². The number of hydrazone groups is 1. The van der Waals surface area contributed by atoms with Gasteiger partial charge >= 0.3 is 6.36 Å². The lowest BCUT2D eigenvalue weighted by atomic mass is 10.1. The van der Waals surface area contributed by atoms with Gasteiger partial charge in [-0.15, -0.1) is 30.0 Å². The third kappa shape index (κ3) is 9.04. The fourth-order valence-electron chi connectivity index (χ4n) is 3.31. The van der Waals surface area contributed by atoms with Gasteiger partial charge in [-0.05, 0) is 42.2 Å². The Balaban J connectivity index is 1.48. The summed E-state index contributed by atoms with van der Waals surface area (Å²) in [5.41, 5.74) is 2.16. The smallest absolute Gasteiger partial charge is 0.406 e. The predicted octanol–water partition coefficient (Wildman–Crippen LogP) is 3.96. The number of hydrogen-bond acceptors (Lipinski definition) is 8. The van der Waals surface area contributed by atoms with Crippen LogP contribution in [0.4, 0.5) is 17.6 Å². The molecule has 3 rings (SSSR count). The number of benzene rings is 1. The SMILES string of the molecule is CNC(=O)c1cn(CC(F)CC/C(=N/N)SCCc2cncc(-c3cccc(OC(F)(F)F)c3)c2)nn1. The first-order chi connectivity index (χ1) is 17.7. The first-order valence-electron chi connectivity index (χ1n) is 11.1. The summed E-state index contributed by atoms with van der Waals surface area (Å²) in [6, 6.07) is 7.51. The summed E-state index contributed by atoms with van der Waals surface area (Å²) in [5.74, 6) is 5.35. The Bertz CT molecular complexity index is 1220. The Morgan fingerprint density at radius 3 is 2.81 bits per heavy atom. The molecule has 0 radical (unpaired) electrons. The minimum atomic E-state index is -4.77. The number of ether oxygens (including phenoxy) is 1. The Kier molecular flexibility index (Phi) is 9.83. The molecule has 0 bridgehead atoms. The maximum absolute atomic E-state index is 14.4. The van der Waals surface area contributed by atoms with Crippen LogP contribution in [0, 0.1) is 0 Å². The molecule has 3 aromatic rings. The van der Waals surface area contributed by atoms with Crippen molar-refractivity contribution in [2.24, 2.45) is 10.9 Å². The molecule has 1 unspecified atom stereocenters. The van der Waals surface area contributed by atoms with E-state index in [2.05, 4.69) is 30.5 Å². The second kappa shape index (κ2) is 13.0. The highest BCUT2D eigenvalue weighted by Gasteiger charge is 2.31. The number of halogens is 4. The van der Waals surface area contributed by atoms with Gasteiger partial charge in [0, 0.05) is 37.2 Å². The molecule has 14 heteroatoms. The van der Waals surface area contributed by atoms with E-state index in [0.29, 0.717) is 34.8 Å². The van der Waals surface area contributed by atoms with Crippen LogP contribution in [0.25, 0.3) is 11.1 Å². The van der Waals surface area contributed by atoms with E-state index in [-0.39, 0.29) is 24.4 Å². The number of nitrogens with two attached hydrogens (primary N) is 1. The Morgan fingerprint density at radius 2 is 2.08 bits per heavy atom. The van der Waals surface area contributed by atoms with E-state index >= 15 is 0 Å². The maximum Gasteiger partial charge on any atom is 0.573 e. The van der Waals surface area contributed by atoms with Crippen molar-refractivity contribution in [3.63, 3.8) is 0 Å². The number of carbonyl (C=O) groups excluding carboxylic acids is 1. The molecular formula is C23H25F4N7O2S. The third-order valence-corrected chi connectivity index (χ3v) is 6.11. The molecule has 0 aliphatic heterocycles. The normalized spacial score (nSPS) is 12.8. The van der Waals surface area contributed by atoms with Crippen LogP contribution in [0.15, 0.2) is 54.0 Å². The van der Waals surface area contributed by atoms with Gasteiger partial charge in [-0.25, -0.2) is 9.07 Å². The molecule has 0 saturated heterocycles. The molecule has 1 amide bonds. The molecule has 0 fully saturated rings. The molecule has 37 heavy (non-hydrogen) atoms. The zero-order chi connectivity index (χ0) is 26.8. The van der Waals surface area contributed by atoms with E-state index < -0.39 is 18.4 Å². The van der Waals surface area contributed by atoms with Crippen LogP contribution in [-0.4, -0.2) is 56.3 Å². The average Bonchev–Trinajstić information content (AvgIpc) is 3.33. The van der Waals surface area contributed by atoms with Crippen LogP contribution in [0.5, 0.6) is 5.75 Å². The Labute approximate surface area is 214 Å². The Hall–Kier alpha value is -3.68. The summed E-state index contributed by atoms with van der Waals surface area (Å²) in [6.45, 7) is -0.0554. The van der Waals surface area contributed by atoms with Gasteiger partial charge in [0.15, 0.2) is 5.69 Å². The number of pyridine rings is 1. The minimum absolute atomic E-state index is 0.0554. The second-order valence-electron chi connectivity index (χ2n) is 7.82. The van der Waals surface area contributed by atoms with Crippen molar-refractivity contribution >= 4 is 22.7 Å². The molecule has 2 heterocycles. The van der Waals surface area contributed by atoms with Crippen molar-refractivity contribution in [1.29, 1.82) is 0 Å². The first-order valence-corrected chi connectivity index (χ1v) is 12.1. The molecule has 0 spiro atoms. The molecule has 2 aromatic heterocycles. The third-order valence-electron chi connectivity index (χ3n) is 5.05. The van der Waals surface area contributed by atoms with Crippen LogP contribution in [0.1, 0.15) is 28.9 Å². The largest absolute Gasteiger partial charge is 0.573 e. The van der Waals surface area contributed by atoms with Crippen molar-refractivity contribution in [3.8, 4) is 16.9 Å². The van der Waals surface area contributed by atoms with Gasteiger partial charge in [0.1, 0.15) is 11.9 Å². The minimum Gasteiger partial charge on any atom is -0.406 e. The zero-order valence-electron chi connectivity index (χ0n) is 19.8. The van der Waals surface area contributed by atoms with Crippen molar-refractivity contribution in [2.45, 2.75) is 38.3 Å². The number of carbonyl (C=O) groups is 1. The highest BCUT2D eigenvalue weighted by atomic mass is 32.2. The van der Waals surface area contributed by atoms with E-state index in [1.165, 1.54) is 47.9 Å². The second-order valence-corrected chi connectivity index (χ2v) is 8.99. The van der Waals surface area contributed by atoms with Gasteiger partial charge in [-0.2, -0.15) is 5.10 Å². The number of alkyl halides is 4. The molecule has 0 aliphatic rings. The van der Waals surface area contributed by atoms with Crippen LogP contribution in [-0.2, 0) is 13.0 Å². The molecule has 0 aliphatic carbocycles. The standard InChI is InChI=1S/C23H25F4N7O2S/c1-29-22(35)20-14-34(33-32-20)13-18(24)5-6-21(31-28)37-8-7-15-9-17(12-30-11-15)16-3-2-4-19(10-16)36-23(25,26)27/h2-4,9-12,14,18H,5-8,13,28H2,1H3,(H,29,35)/b31-21-. The molecule has 1 aromatic carbocycles. The molecule has 198 valence electrons. The number of hydrogen-bond donors (Lipinski definition) is 2. The van der Waals surface area contributed by atoms with E-state index in [4.69, 9.17) is 5.84 Å². The summed E-state index contributed by atoms with van der Waals surface area (Å²) >= 11 is 1.38. The lowest BCUT2D eigenvalue weighted by molar-refractivity contribution is -0.274. The molecule has 1 atom stereocenters. The van der Waals surface area contributed by atoms with E-state index in [1.807, 2.05) is 6.07 Å². The number of amides is 1. The number of nitrogens with one attached hydrogen (secondary N) is 1. The van der Waals surface area contributed by atoms with Crippen molar-refractivity contribution in [1.82, 2.24) is 25.3 Å². The van der Waals surface area contributed by atoms with Gasteiger partial charge in [0.25, 0.3) is 5.91 Å². The van der Waals surface area contributed by atoms with Crippen molar-refractivity contribution in [2.75, 3.05) is 12.8 Å². The monoisotopic (exact) mass is 539 g/mol. The van der Waals surface area contributed by atoms with Gasteiger partial charge in [-0.1, -0.05) is 17.3 Å². The van der Waals surface area contributed by atoms with Crippen LogP contribution in [0.3, 0.4) is 0 Å². The summed E-state index contributed by atoms with van der Waals surface area (Å²) in [5, 5.41) is 14.2. The lowest BCUT2D eigenvalue weighted by Gasteiger charge is -2.11. The fraction of sp³-hybridized carbons (Fsp3) is 0.348. The van der Waals surface area contributed by atoms with Gasteiger partial charge < -0.3 is 15.9 Å². The summed E-state index contributed by atoms with van der Waals surface area (Å²) in [4.78, 5) is 15.7. The van der Waals surface area contributed by atoms with Crippen molar-refractivity contribution in [3.05, 3.63) is 60.2 Å². The van der Waals surface area contributed by atoms with Crippen LogP contribution < -0.4 is 15.9 Å². The summed E-state index contributed by atoms with van der Waals surface area (Å²) in [6.07, 6.45) is -0.340. The highest BCUT2D eigenvalue weighted by Crippen LogP contribution is 2.28. The maximum atomic E-state index is 14.4. The quantitative estimate of drug-likeness (QED) is 0.124. The molecule has 3 N–H and O–H groups in total. The lowest BCUT2D eigenvalue weighted by Crippen LogP contribution is -2.18. The van der Waals surface area contributed by atoms with Gasteiger partial charge in [0.2, 0.25) is 0 Å². The summed E-state index contributed by atoms with van der Waals surface area (Å²) in [7, 11) is 1.47. The van der Waals surface area contributed by atoms with Crippen molar-refractivity contribution < 1.29 is 27.1 Å². The number of thioether (sulfide) groups is 1. The molecular weight excluding hydrogens is 514 g/mol. The van der Waals surface area contributed by atoms with E-state index in [1.54, 1.807) is 18.5 Å². The number of aryl methyl sites for hydroxylation is 1. The summed E-state index contributed by atoms with van der Waals surface area (Å²) < 4.78 is 57.2. The topological polar surface area (TPSA) is 120 Å². The molecule has 0 saturated carbocycles. The number of aromatic nitrogens is 4. The van der Waals surface area contributed by atoms with Crippen LogP contribution in [0.2, 0.25) is 0 Å². The first kappa shape index (κ1) is 27.9. The number of rotatable bonds is 11. The average molecular weight is 540 g/mol. The van der Waals surface area contributed by atoms with Crippen LogP contribution >= 0.6 is 11.8 Å². The zero-order valence-corrected chi connectivity index (χ0v) is 20.6. The molecule has 9 nitrogen and oxygen atoms in total. The Morgan fingerprint density at radius 1 is 1.27 bits per heavy atom. The highest BCUT2D eigenvalue weighted by molar-refractivity contribution is 8.13. The van der Waals surface area contributed by atoms with E-state index in [0.717, 1.165) is 5.56 Å². The van der Waals surface area contributed by atoms with Gasteiger partial charge in [-0.3, -0.25) is 9.78 Å². The predicted molar refractivity (Wildman–Crippen MR) is 132 cm³/mol. The van der Waals surface area contributed by atoms with E-state index in [9.17, 15) is 22.4 Å². The number of nitrogens with zero attached hydrogens (tertiary/aromatic N) is 5.